The van der Waals surface area contributed by atoms with E-state index < -0.39 is 0 Å². The lowest BCUT2D eigenvalue weighted by molar-refractivity contribution is 0.0946. The zero-order chi connectivity index (χ0) is 14.3. The van der Waals surface area contributed by atoms with Crippen LogP contribution in [0.1, 0.15) is 22.8 Å². The van der Waals surface area contributed by atoms with Crippen LogP contribution in [0, 0.1) is 5.92 Å². The normalized spacial score (nSPS) is 17.1. The third-order valence-corrected chi connectivity index (χ3v) is 4.07. The molecule has 2 heteroatoms. The zero-order valence-corrected chi connectivity index (χ0v) is 12.2. The average Bonchev–Trinajstić information content (AvgIpc) is 2.74. The van der Waals surface area contributed by atoms with Crippen molar-refractivity contribution in [2.45, 2.75) is 13.3 Å². The van der Waals surface area contributed by atoms with E-state index in [-0.39, 0.29) is 11.7 Å². The Labute approximate surface area is 120 Å². The summed E-state index contributed by atoms with van der Waals surface area (Å²) in [6.07, 6.45) is 0.858. The number of carbonyl (C=O) groups is 1. The van der Waals surface area contributed by atoms with E-state index in [1.807, 2.05) is 33.2 Å². The fourth-order valence-corrected chi connectivity index (χ4v) is 2.92. The summed E-state index contributed by atoms with van der Waals surface area (Å²) in [4.78, 5) is 14.2. The van der Waals surface area contributed by atoms with E-state index in [2.05, 4.69) is 35.2 Å². The number of hydrogen-bond donors (Lipinski definition) is 0. The molecule has 102 valence electrons. The van der Waals surface area contributed by atoms with Crippen molar-refractivity contribution in [2.75, 3.05) is 19.0 Å². The van der Waals surface area contributed by atoms with Crippen LogP contribution in [0.25, 0.3) is 11.1 Å². The van der Waals surface area contributed by atoms with Crippen LogP contribution in [-0.4, -0.2) is 19.9 Å². The maximum Gasteiger partial charge on any atom is 0.166 e. The molecule has 0 heterocycles. The molecular formula is C18H19NO. The first-order chi connectivity index (χ1) is 9.58. The molecule has 0 spiro atoms. The second-order valence-corrected chi connectivity index (χ2v) is 5.75. The molecule has 1 unspecified atom stereocenters. The molecule has 0 N–H and O–H groups in total. The Morgan fingerprint density at radius 3 is 2.50 bits per heavy atom. The monoisotopic (exact) mass is 265 g/mol. The molecule has 0 amide bonds. The Kier molecular flexibility index (Phi) is 3.09. The molecule has 20 heavy (non-hydrogen) atoms. The number of anilines is 1. The van der Waals surface area contributed by atoms with E-state index in [9.17, 15) is 4.79 Å². The van der Waals surface area contributed by atoms with E-state index in [1.54, 1.807) is 0 Å². The Balaban J connectivity index is 2.13. The maximum atomic E-state index is 12.1. The highest BCUT2D eigenvalue weighted by molar-refractivity contribution is 6.04. The van der Waals surface area contributed by atoms with Crippen molar-refractivity contribution in [1.29, 1.82) is 0 Å². The number of benzene rings is 2. The maximum absolute atomic E-state index is 12.1. The number of Topliss-reactive ketones (excluding diaryl/α,β-unsaturated/α-hetero) is 1. The first kappa shape index (κ1) is 12.9. The summed E-state index contributed by atoms with van der Waals surface area (Å²) in [5, 5.41) is 0. The highest BCUT2D eigenvalue weighted by Crippen LogP contribution is 2.35. The Bertz CT molecular complexity index is 673. The quantitative estimate of drug-likeness (QED) is 0.823. The van der Waals surface area contributed by atoms with Gasteiger partial charge < -0.3 is 4.90 Å². The van der Waals surface area contributed by atoms with Gasteiger partial charge in [-0.15, -0.1) is 0 Å². The van der Waals surface area contributed by atoms with Crippen LogP contribution in [0.3, 0.4) is 0 Å². The molecule has 0 aliphatic heterocycles. The van der Waals surface area contributed by atoms with Gasteiger partial charge in [-0.05, 0) is 35.2 Å². The molecule has 0 bridgehead atoms. The first-order valence-corrected chi connectivity index (χ1v) is 7.02. The number of ketones is 1. The topological polar surface area (TPSA) is 20.3 Å². The highest BCUT2D eigenvalue weighted by atomic mass is 16.1. The molecule has 2 aromatic carbocycles. The fourth-order valence-electron chi connectivity index (χ4n) is 2.92. The van der Waals surface area contributed by atoms with Gasteiger partial charge in [0.15, 0.2) is 5.78 Å². The Morgan fingerprint density at radius 2 is 1.75 bits per heavy atom. The number of carbonyl (C=O) groups excluding carboxylic acids is 1. The standard InChI is InChI=1S/C18H19NO/c1-12-10-17-15(8-5-9-16(17)18(12)20)13-6-4-7-14(11-13)19(2)3/h4-9,11-12H,10H2,1-3H3. The van der Waals surface area contributed by atoms with Crippen LogP contribution in [0.4, 0.5) is 5.69 Å². The summed E-state index contributed by atoms with van der Waals surface area (Å²) < 4.78 is 0. The molecule has 0 radical (unpaired) electrons. The molecule has 3 rings (SSSR count). The average molecular weight is 265 g/mol. The molecule has 0 saturated carbocycles. The van der Waals surface area contributed by atoms with Gasteiger partial charge in [0, 0.05) is 31.3 Å². The van der Waals surface area contributed by atoms with Gasteiger partial charge in [-0.1, -0.05) is 37.3 Å². The third kappa shape index (κ3) is 2.01. The number of fused-ring (bicyclic) bond motifs is 1. The largest absolute Gasteiger partial charge is 0.378 e. The van der Waals surface area contributed by atoms with Crippen LogP contribution in [0.15, 0.2) is 42.5 Å². The van der Waals surface area contributed by atoms with Crippen LogP contribution < -0.4 is 4.90 Å². The molecule has 0 saturated heterocycles. The molecule has 1 aliphatic rings. The summed E-state index contributed by atoms with van der Waals surface area (Å²) in [6.45, 7) is 2.02. The van der Waals surface area contributed by atoms with Crippen LogP contribution in [-0.2, 0) is 6.42 Å². The van der Waals surface area contributed by atoms with Crippen molar-refractivity contribution in [3.8, 4) is 11.1 Å². The van der Waals surface area contributed by atoms with Crippen molar-refractivity contribution in [3.63, 3.8) is 0 Å². The van der Waals surface area contributed by atoms with E-state index >= 15 is 0 Å². The lowest BCUT2D eigenvalue weighted by atomic mass is 9.96. The lowest BCUT2D eigenvalue weighted by Gasteiger charge is -2.15. The lowest BCUT2D eigenvalue weighted by Crippen LogP contribution is -2.08. The molecule has 1 atom stereocenters. The Hall–Kier alpha value is -2.09. The van der Waals surface area contributed by atoms with Gasteiger partial charge in [-0.25, -0.2) is 0 Å². The van der Waals surface area contributed by atoms with Gasteiger partial charge in [0.25, 0.3) is 0 Å². The minimum absolute atomic E-state index is 0.114. The predicted molar refractivity (Wildman–Crippen MR) is 83.4 cm³/mol. The zero-order valence-electron chi connectivity index (χ0n) is 12.2. The SMILES string of the molecule is CC1Cc2c(cccc2-c2cccc(N(C)C)c2)C1=O. The second-order valence-electron chi connectivity index (χ2n) is 5.75. The van der Waals surface area contributed by atoms with E-state index in [0.717, 1.165) is 12.0 Å². The summed E-state index contributed by atoms with van der Waals surface area (Å²) in [6, 6.07) is 14.6. The van der Waals surface area contributed by atoms with Gasteiger partial charge in [-0.2, -0.15) is 0 Å². The molecule has 2 nitrogen and oxygen atoms in total. The van der Waals surface area contributed by atoms with Crippen molar-refractivity contribution < 1.29 is 4.79 Å². The molecule has 0 aromatic heterocycles. The summed E-state index contributed by atoms with van der Waals surface area (Å²) >= 11 is 0. The Morgan fingerprint density at radius 1 is 1.05 bits per heavy atom. The van der Waals surface area contributed by atoms with Gasteiger partial charge in [0.2, 0.25) is 0 Å². The minimum Gasteiger partial charge on any atom is -0.378 e. The summed E-state index contributed by atoms with van der Waals surface area (Å²) in [5.74, 6) is 0.397. The highest BCUT2D eigenvalue weighted by Gasteiger charge is 2.28. The van der Waals surface area contributed by atoms with Gasteiger partial charge in [-0.3, -0.25) is 4.79 Å². The van der Waals surface area contributed by atoms with Gasteiger partial charge in [0.1, 0.15) is 0 Å². The summed E-state index contributed by atoms with van der Waals surface area (Å²) in [5.41, 5.74) is 5.68. The van der Waals surface area contributed by atoms with E-state index in [1.165, 1.54) is 22.4 Å². The van der Waals surface area contributed by atoms with Crippen LogP contribution >= 0.6 is 0 Å². The number of hydrogen-bond acceptors (Lipinski definition) is 2. The van der Waals surface area contributed by atoms with Crippen LogP contribution in [0.2, 0.25) is 0 Å². The number of rotatable bonds is 2. The van der Waals surface area contributed by atoms with Gasteiger partial charge >= 0.3 is 0 Å². The van der Waals surface area contributed by atoms with Crippen molar-refractivity contribution >= 4 is 11.5 Å². The predicted octanol–water partition coefficient (Wildman–Crippen LogP) is 3.79. The smallest absolute Gasteiger partial charge is 0.166 e. The van der Waals surface area contributed by atoms with E-state index in [0.29, 0.717) is 0 Å². The third-order valence-electron chi connectivity index (χ3n) is 4.07. The van der Waals surface area contributed by atoms with Crippen molar-refractivity contribution in [1.82, 2.24) is 0 Å². The van der Waals surface area contributed by atoms with Gasteiger partial charge in [0.05, 0.1) is 0 Å². The summed E-state index contributed by atoms with van der Waals surface area (Å²) in [7, 11) is 4.08. The fraction of sp³-hybridized carbons (Fsp3) is 0.278. The minimum atomic E-state index is 0.114. The second kappa shape index (κ2) is 4.78. The van der Waals surface area contributed by atoms with Crippen molar-refractivity contribution in [3.05, 3.63) is 53.6 Å². The van der Waals surface area contributed by atoms with Crippen LogP contribution in [0.5, 0.6) is 0 Å². The molecule has 1 aliphatic carbocycles. The van der Waals surface area contributed by atoms with Crippen molar-refractivity contribution in [2.24, 2.45) is 5.92 Å². The molecule has 2 aromatic rings. The van der Waals surface area contributed by atoms with E-state index in [4.69, 9.17) is 0 Å². The first-order valence-electron chi connectivity index (χ1n) is 7.02. The molecular weight excluding hydrogens is 246 g/mol. The number of nitrogens with zero attached hydrogens (tertiary/aromatic N) is 1. The molecule has 0 fully saturated rings.